The lowest BCUT2D eigenvalue weighted by molar-refractivity contribution is -0.142. The Bertz CT molecular complexity index is 703. The number of carboxylic acids is 1. The molecule has 0 fully saturated rings. The molecular weight excluding hydrogens is 293 g/mol. The van der Waals surface area contributed by atoms with Crippen LogP contribution in [0.2, 0.25) is 0 Å². The van der Waals surface area contributed by atoms with Crippen molar-refractivity contribution < 1.29 is 23.1 Å². The summed E-state index contributed by atoms with van der Waals surface area (Å²) in [6.45, 7) is 3.11. The first-order valence-electron chi connectivity index (χ1n) is 6.64. The number of benzene rings is 2. The monoisotopic (exact) mass is 308 g/mol. The molecule has 22 heavy (non-hydrogen) atoms. The van der Waals surface area contributed by atoms with Gasteiger partial charge in [0.05, 0.1) is 11.0 Å². The summed E-state index contributed by atoms with van der Waals surface area (Å²) in [6.07, 6.45) is -4.41. The number of alkyl halides is 3. The van der Waals surface area contributed by atoms with E-state index in [-0.39, 0.29) is 0 Å². The number of halogens is 3. The van der Waals surface area contributed by atoms with Crippen LogP contribution in [0, 0.1) is 0 Å². The maximum atomic E-state index is 12.8. The molecule has 0 saturated carbocycles. The number of hydrogen-bond acceptors (Lipinski definition) is 1. The van der Waals surface area contributed by atoms with Crippen LogP contribution in [0.1, 0.15) is 25.0 Å². The Morgan fingerprint density at radius 1 is 0.909 bits per heavy atom. The van der Waals surface area contributed by atoms with Gasteiger partial charge in [0.2, 0.25) is 0 Å². The summed E-state index contributed by atoms with van der Waals surface area (Å²) in [5, 5.41) is 9.26. The molecule has 1 N–H and O–H groups in total. The Morgan fingerprint density at radius 3 is 1.82 bits per heavy atom. The van der Waals surface area contributed by atoms with Crippen molar-refractivity contribution in [2.24, 2.45) is 0 Å². The predicted octanol–water partition coefficient (Wildman–Crippen LogP) is 4.73. The number of carboxylic acid groups (broad SMARTS) is 1. The highest BCUT2D eigenvalue weighted by molar-refractivity contribution is 5.81. The van der Waals surface area contributed by atoms with Gasteiger partial charge in [0.1, 0.15) is 0 Å². The van der Waals surface area contributed by atoms with E-state index in [0.717, 1.165) is 12.1 Å². The van der Waals surface area contributed by atoms with Gasteiger partial charge in [-0.3, -0.25) is 4.79 Å². The fraction of sp³-hybridized carbons (Fsp3) is 0.235. The minimum Gasteiger partial charge on any atom is -0.481 e. The van der Waals surface area contributed by atoms with E-state index in [1.807, 2.05) is 0 Å². The summed E-state index contributed by atoms with van der Waals surface area (Å²) < 4.78 is 38.3. The van der Waals surface area contributed by atoms with Gasteiger partial charge in [-0.25, -0.2) is 0 Å². The minimum atomic E-state index is -4.41. The van der Waals surface area contributed by atoms with Crippen LogP contribution in [-0.4, -0.2) is 11.1 Å². The Labute approximate surface area is 126 Å². The van der Waals surface area contributed by atoms with Crippen LogP contribution in [-0.2, 0) is 16.4 Å². The van der Waals surface area contributed by atoms with Gasteiger partial charge in [-0.1, -0.05) is 36.4 Å². The van der Waals surface area contributed by atoms with Gasteiger partial charge in [0, 0.05) is 0 Å². The third kappa shape index (κ3) is 3.13. The first-order valence-corrected chi connectivity index (χ1v) is 6.64. The molecule has 2 rings (SSSR count). The van der Waals surface area contributed by atoms with Crippen molar-refractivity contribution in [2.75, 3.05) is 0 Å². The molecule has 0 bridgehead atoms. The topological polar surface area (TPSA) is 37.3 Å². The lowest BCUT2D eigenvalue weighted by atomic mass is 9.83. The molecule has 0 amide bonds. The lowest BCUT2D eigenvalue weighted by Gasteiger charge is -2.20. The first-order chi connectivity index (χ1) is 10.1. The highest BCUT2D eigenvalue weighted by Gasteiger charge is 2.31. The van der Waals surface area contributed by atoms with Crippen LogP contribution in [0.3, 0.4) is 0 Å². The highest BCUT2D eigenvalue weighted by atomic mass is 19.4. The highest BCUT2D eigenvalue weighted by Crippen LogP contribution is 2.33. The van der Waals surface area contributed by atoms with E-state index in [1.165, 1.54) is 6.07 Å². The molecule has 116 valence electrons. The lowest BCUT2D eigenvalue weighted by Crippen LogP contribution is -2.28. The molecule has 5 heteroatoms. The van der Waals surface area contributed by atoms with Crippen molar-refractivity contribution in [2.45, 2.75) is 25.4 Å². The van der Waals surface area contributed by atoms with Crippen LogP contribution in [0.5, 0.6) is 0 Å². The normalized spacial score (nSPS) is 12.2. The molecule has 0 aliphatic heterocycles. The molecule has 2 aromatic carbocycles. The van der Waals surface area contributed by atoms with E-state index in [0.29, 0.717) is 16.7 Å². The zero-order valence-electron chi connectivity index (χ0n) is 12.1. The molecule has 0 aromatic heterocycles. The van der Waals surface area contributed by atoms with Crippen molar-refractivity contribution in [3.05, 3.63) is 59.7 Å². The van der Waals surface area contributed by atoms with E-state index in [4.69, 9.17) is 0 Å². The summed E-state index contributed by atoms with van der Waals surface area (Å²) in [5.74, 6) is -0.992. The van der Waals surface area contributed by atoms with Gasteiger partial charge in [0.25, 0.3) is 0 Å². The van der Waals surface area contributed by atoms with Gasteiger partial charge < -0.3 is 5.11 Å². The van der Waals surface area contributed by atoms with Crippen LogP contribution < -0.4 is 0 Å². The van der Waals surface area contributed by atoms with E-state index in [1.54, 1.807) is 44.2 Å². The fourth-order valence-corrected chi connectivity index (χ4v) is 2.09. The number of hydrogen-bond donors (Lipinski definition) is 1. The standard InChI is InChI=1S/C17H15F3O2/c1-16(2,15(21)22)13-7-3-5-11(9-13)12-6-4-8-14(10-12)17(18,19)20/h3-10H,1-2H3,(H,21,22). The molecule has 2 aromatic rings. The van der Waals surface area contributed by atoms with E-state index in [9.17, 15) is 23.1 Å². The average molecular weight is 308 g/mol. The molecule has 2 nitrogen and oxygen atoms in total. The Kier molecular flexibility index (Phi) is 4.00. The minimum absolute atomic E-state index is 0.401. The second-order valence-electron chi connectivity index (χ2n) is 5.59. The van der Waals surface area contributed by atoms with Crippen LogP contribution in [0.15, 0.2) is 48.5 Å². The quantitative estimate of drug-likeness (QED) is 0.889. The zero-order chi connectivity index (χ0) is 16.5. The van der Waals surface area contributed by atoms with Crippen LogP contribution in [0.4, 0.5) is 13.2 Å². The van der Waals surface area contributed by atoms with Crippen molar-refractivity contribution in [1.82, 2.24) is 0 Å². The second-order valence-corrected chi connectivity index (χ2v) is 5.59. The largest absolute Gasteiger partial charge is 0.481 e. The maximum Gasteiger partial charge on any atom is 0.416 e. The van der Waals surface area contributed by atoms with Gasteiger partial charge in [0.15, 0.2) is 0 Å². The van der Waals surface area contributed by atoms with Crippen molar-refractivity contribution >= 4 is 5.97 Å². The Hall–Kier alpha value is -2.30. The number of rotatable bonds is 3. The Balaban J connectivity index is 2.49. The zero-order valence-corrected chi connectivity index (χ0v) is 12.1. The summed E-state index contributed by atoms with van der Waals surface area (Å²) in [5.41, 5.74) is -0.351. The van der Waals surface area contributed by atoms with Crippen LogP contribution in [0.25, 0.3) is 11.1 Å². The van der Waals surface area contributed by atoms with Crippen molar-refractivity contribution in [3.63, 3.8) is 0 Å². The SMILES string of the molecule is CC(C)(C(=O)O)c1cccc(-c2cccc(C(F)(F)F)c2)c1. The summed E-state index contributed by atoms with van der Waals surface area (Å²) >= 11 is 0. The molecule has 0 radical (unpaired) electrons. The third-order valence-electron chi connectivity index (χ3n) is 3.64. The van der Waals surface area contributed by atoms with Gasteiger partial charge in [-0.2, -0.15) is 13.2 Å². The van der Waals surface area contributed by atoms with E-state index >= 15 is 0 Å². The summed E-state index contributed by atoms with van der Waals surface area (Å²) in [7, 11) is 0. The van der Waals surface area contributed by atoms with Crippen molar-refractivity contribution in [1.29, 1.82) is 0 Å². The predicted molar refractivity (Wildman–Crippen MR) is 77.5 cm³/mol. The first kappa shape index (κ1) is 16.1. The summed E-state index contributed by atoms with van der Waals surface area (Å²) in [4.78, 5) is 11.3. The summed E-state index contributed by atoms with van der Waals surface area (Å²) in [6, 6.07) is 11.6. The van der Waals surface area contributed by atoms with Gasteiger partial charge in [-0.15, -0.1) is 0 Å². The molecule has 0 unspecified atom stereocenters. The fourth-order valence-electron chi connectivity index (χ4n) is 2.09. The molecule has 0 aliphatic carbocycles. The third-order valence-corrected chi connectivity index (χ3v) is 3.64. The smallest absolute Gasteiger partial charge is 0.416 e. The van der Waals surface area contributed by atoms with Crippen LogP contribution >= 0.6 is 0 Å². The molecule has 0 heterocycles. The molecule has 0 atom stereocenters. The maximum absolute atomic E-state index is 12.8. The molecule has 0 aliphatic rings. The van der Waals surface area contributed by atoms with Gasteiger partial charge in [-0.05, 0) is 42.7 Å². The molecule has 0 spiro atoms. The number of carbonyl (C=O) groups is 1. The van der Waals surface area contributed by atoms with E-state index < -0.39 is 23.1 Å². The van der Waals surface area contributed by atoms with Crippen molar-refractivity contribution in [3.8, 4) is 11.1 Å². The molecular formula is C17H15F3O2. The van der Waals surface area contributed by atoms with E-state index in [2.05, 4.69) is 0 Å². The van der Waals surface area contributed by atoms with Gasteiger partial charge >= 0.3 is 12.1 Å². The Morgan fingerprint density at radius 2 is 1.36 bits per heavy atom. The average Bonchev–Trinajstić information content (AvgIpc) is 2.46. The molecule has 0 saturated heterocycles. The number of aliphatic carboxylic acids is 1. The second kappa shape index (κ2) is 5.48.